The molecule has 0 saturated carbocycles. The van der Waals surface area contributed by atoms with Crippen molar-refractivity contribution < 1.29 is 9.90 Å². The van der Waals surface area contributed by atoms with Gasteiger partial charge in [0.05, 0.1) is 15.7 Å². The minimum Gasteiger partial charge on any atom is -0.506 e. The molecule has 2 aromatic rings. The van der Waals surface area contributed by atoms with Gasteiger partial charge in [0.2, 0.25) is 5.91 Å². The van der Waals surface area contributed by atoms with E-state index in [1.165, 1.54) is 6.07 Å². The van der Waals surface area contributed by atoms with Crippen LogP contribution in [0.4, 0.5) is 5.69 Å². The smallest absolute Gasteiger partial charge is 0.226 e. The molecule has 100 valence electrons. The zero-order valence-corrected chi connectivity index (χ0v) is 12.0. The molecule has 0 unspecified atom stereocenters. The van der Waals surface area contributed by atoms with Crippen LogP contribution in [0, 0.1) is 5.92 Å². The molecule has 0 aliphatic heterocycles. The van der Waals surface area contributed by atoms with E-state index in [2.05, 4.69) is 5.32 Å². The number of aromatic hydroxyl groups is 1. The second kappa shape index (κ2) is 5.27. The van der Waals surface area contributed by atoms with Gasteiger partial charge in [0, 0.05) is 16.7 Å². The van der Waals surface area contributed by atoms with E-state index in [-0.39, 0.29) is 22.6 Å². The first-order valence-electron chi connectivity index (χ1n) is 5.82. The first kappa shape index (κ1) is 14.0. The predicted octanol–water partition coefficient (Wildman–Crippen LogP) is 4.45. The van der Waals surface area contributed by atoms with Gasteiger partial charge in [-0.1, -0.05) is 49.2 Å². The van der Waals surface area contributed by atoms with E-state index >= 15 is 0 Å². The van der Waals surface area contributed by atoms with Crippen molar-refractivity contribution >= 4 is 45.6 Å². The van der Waals surface area contributed by atoms with Crippen LogP contribution in [-0.4, -0.2) is 11.0 Å². The fourth-order valence-corrected chi connectivity index (χ4v) is 2.35. The third-order valence-electron chi connectivity index (χ3n) is 2.82. The number of phenolic OH excluding ortho intramolecular Hbond substituents is 1. The predicted molar refractivity (Wildman–Crippen MR) is 79.1 cm³/mol. The van der Waals surface area contributed by atoms with E-state index in [0.717, 1.165) is 0 Å². The molecule has 0 aromatic heterocycles. The van der Waals surface area contributed by atoms with Crippen molar-refractivity contribution in [1.29, 1.82) is 0 Å². The standard InChI is InChI=1S/C14H13Cl2NO2/c1-7(2)14(19)17-11-5-3-4-8-12(11)9(15)6-10(16)13(8)18/h3-7,18H,1-2H3,(H,17,19). The van der Waals surface area contributed by atoms with Gasteiger partial charge < -0.3 is 10.4 Å². The summed E-state index contributed by atoms with van der Waals surface area (Å²) in [5.74, 6) is -0.297. The normalized spacial score (nSPS) is 11.0. The highest BCUT2D eigenvalue weighted by molar-refractivity contribution is 6.41. The molecule has 5 heteroatoms. The van der Waals surface area contributed by atoms with Crippen LogP contribution in [-0.2, 0) is 4.79 Å². The Bertz CT molecular complexity index is 653. The third-order valence-corrected chi connectivity index (χ3v) is 3.41. The molecule has 0 radical (unpaired) electrons. The van der Waals surface area contributed by atoms with Crippen molar-refractivity contribution in [3.8, 4) is 5.75 Å². The molecule has 0 atom stereocenters. The molecule has 0 aliphatic carbocycles. The minimum absolute atomic E-state index is 0.0401. The number of halogens is 2. The summed E-state index contributed by atoms with van der Waals surface area (Å²) >= 11 is 12.0. The Hall–Kier alpha value is -1.45. The monoisotopic (exact) mass is 297 g/mol. The van der Waals surface area contributed by atoms with Crippen LogP contribution < -0.4 is 5.32 Å². The number of amides is 1. The summed E-state index contributed by atoms with van der Waals surface area (Å²) in [5.41, 5.74) is 0.563. The van der Waals surface area contributed by atoms with Gasteiger partial charge in [0.25, 0.3) is 0 Å². The Balaban J connectivity index is 2.63. The molecule has 2 rings (SSSR count). The zero-order chi connectivity index (χ0) is 14.2. The van der Waals surface area contributed by atoms with E-state index in [1.54, 1.807) is 32.0 Å². The van der Waals surface area contributed by atoms with Crippen LogP contribution in [0.1, 0.15) is 13.8 Å². The van der Waals surface area contributed by atoms with Crippen molar-refractivity contribution in [2.24, 2.45) is 5.92 Å². The summed E-state index contributed by atoms with van der Waals surface area (Å²) in [6, 6.07) is 6.63. The highest BCUT2D eigenvalue weighted by atomic mass is 35.5. The number of benzene rings is 2. The summed E-state index contributed by atoms with van der Waals surface area (Å²) in [5, 5.41) is 14.4. The van der Waals surface area contributed by atoms with Crippen molar-refractivity contribution in [1.82, 2.24) is 0 Å². The van der Waals surface area contributed by atoms with Gasteiger partial charge in [0.1, 0.15) is 5.75 Å². The summed E-state index contributed by atoms with van der Waals surface area (Å²) < 4.78 is 0. The van der Waals surface area contributed by atoms with Crippen LogP contribution in [0.5, 0.6) is 5.75 Å². The second-order valence-corrected chi connectivity index (χ2v) is 5.38. The van der Waals surface area contributed by atoms with E-state index < -0.39 is 0 Å². The number of carbonyl (C=O) groups is 1. The van der Waals surface area contributed by atoms with Crippen molar-refractivity contribution in [2.45, 2.75) is 13.8 Å². The zero-order valence-electron chi connectivity index (χ0n) is 10.5. The fraction of sp³-hybridized carbons (Fsp3) is 0.214. The number of hydrogen-bond donors (Lipinski definition) is 2. The molecule has 2 N–H and O–H groups in total. The number of rotatable bonds is 2. The highest BCUT2D eigenvalue weighted by Crippen LogP contribution is 2.40. The largest absolute Gasteiger partial charge is 0.506 e. The number of nitrogens with one attached hydrogen (secondary N) is 1. The van der Waals surface area contributed by atoms with Crippen molar-refractivity contribution in [2.75, 3.05) is 5.32 Å². The van der Waals surface area contributed by atoms with Gasteiger partial charge in [-0.05, 0) is 12.1 Å². The maximum Gasteiger partial charge on any atom is 0.226 e. The molecule has 0 aliphatic rings. The molecule has 1 amide bonds. The lowest BCUT2D eigenvalue weighted by atomic mass is 10.1. The van der Waals surface area contributed by atoms with E-state index in [4.69, 9.17) is 23.2 Å². The molecule has 0 fully saturated rings. The molecular weight excluding hydrogens is 285 g/mol. The second-order valence-electron chi connectivity index (χ2n) is 4.56. The van der Waals surface area contributed by atoms with Gasteiger partial charge in [-0.15, -0.1) is 0 Å². The Morgan fingerprint density at radius 3 is 2.58 bits per heavy atom. The number of fused-ring (bicyclic) bond motifs is 1. The lowest BCUT2D eigenvalue weighted by Crippen LogP contribution is -2.17. The van der Waals surface area contributed by atoms with Gasteiger partial charge in [-0.25, -0.2) is 0 Å². The SMILES string of the molecule is CC(C)C(=O)Nc1cccc2c(O)c(Cl)cc(Cl)c12. The van der Waals surface area contributed by atoms with Crippen LogP contribution in [0.3, 0.4) is 0 Å². The Kier molecular flexibility index (Phi) is 3.88. The van der Waals surface area contributed by atoms with E-state index in [1.807, 2.05) is 0 Å². The first-order chi connectivity index (χ1) is 8.91. The highest BCUT2D eigenvalue weighted by Gasteiger charge is 2.15. The van der Waals surface area contributed by atoms with E-state index in [9.17, 15) is 9.90 Å². The lowest BCUT2D eigenvalue weighted by Gasteiger charge is -2.13. The minimum atomic E-state index is -0.144. The van der Waals surface area contributed by atoms with Crippen LogP contribution >= 0.6 is 23.2 Å². The van der Waals surface area contributed by atoms with Crippen LogP contribution in [0.15, 0.2) is 24.3 Å². The Morgan fingerprint density at radius 1 is 1.26 bits per heavy atom. The third kappa shape index (κ3) is 2.62. The molecule has 0 bridgehead atoms. The maximum atomic E-state index is 11.8. The summed E-state index contributed by atoms with van der Waals surface area (Å²) in [6.45, 7) is 3.60. The van der Waals surface area contributed by atoms with Crippen LogP contribution in [0.25, 0.3) is 10.8 Å². The van der Waals surface area contributed by atoms with Gasteiger partial charge in [-0.3, -0.25) is 4.79 Å². The summed E-state index contributed by atoms with van der Waals surface area (Å²) in [6.07, 6.45) is 0. The topological polar surface area (TPSA) is 49.3 Å². The number of hydrogen-bond acceptors (Lipinski definition) is 2. The van der Waals surface area contributed by atoms with Gasteiger partial charge in [0.15, 0.2) is 0 Å². The van der Waals surface area contributed by atoms with E-state index in [0.29, 0.717) is 21.5 Å². The lowest BCUT2D eigenvalue weighted by molar-refractivity contribution is -0.118. The Labute approximate surface area is 121 Å². The van der Waals surface area contributed by atoms with Gasteiger partial charge in [-0.2, -0.15) is 0 Å². The first-order valence-corrected chi connectivity index (χ1v) is 6.58. The molecule has 0 heterocycles. The number of anilines is 1. The number of carbonyl (C=O) groups excluding carboxylic acids is 1. The molecule has 0 saturated heterocycles. The summed E-state index contributed by atoms with van der Waals surface area (Å²) in [7, 11) is 0. The molecule has 2 aromatic carbocycles. The number of phenols is 1. The average molecular weight is 298 g/mol. The Morgan fingerprint density at radius 2 is 1.95 bits per heavy atom. The van der Waals surface area contributed by atoms with Crippen LogP contribution in [0.2, 0.25) is 10.0 Å². The maximum absolute atomic E-state index is 11.8. The van der Waals surface area contributed by atoms with Crippen molar-refractivity contribution in [3.63, 3.8) is 0 Å². The fourth-order valence-electron chi connectivity index (χ4n) is 1.77. The van der Waals surface area contributed by atoms with Gasteiger partial charge >= 0.3 is 0 Å². The molecule has 19 heavy (non-hydrogen) atoms. The molecule has 0 spiro atoms. The molecular formula is C14H13Cl2NO2. The average Bonchev–Trinajstić information content (AvgIpc) is 2.35. The summed E-state index contributed by atoms with van der Waals surface area (Å²) in [4.78, 5) is 11.8. The quantitative estimate of drug-likeness (QED) is 0.860. The molecule has 3 nitrogen and oxygen atoms in total. The van der Waals surface area contributed by atoms with Crippen molar-refractivity contribution in [3.05, 3.63) is 34.3 Å².